The van der Waals surface area contributed by atoms with Crippen LogP contribution in [0.4, 0.5) is 5.82 Å². The molecule has 1 aromatic heterocycles. The van der Waals surface area contributed by atoms with Gasteiger partial charge >= 0.3 is 0 Å². The van der Waals surface area contributed by atoms with Crippen molar-refractivity contribution in [3.63, 3.8) is 0 Å². The zero-order valence-electron chi connectivity index (χ0n) is 9.27. The van der Waals surface area contributed by atoms with E-state index in [2.05, 4.69) is 20.9 Å². The van der Waals surface area contributed by atoms with Gasteiger partial charge in [-0.2, -0.15) is 0 Å². The second-order valence-corrected chi connectivity index (χ2v) is 5.59. The molecule has 17 heavy (non-hydrogen) atoms. The molecule has 2 aliphatic rings. The third kappa shape index (κ3) is 1.87. The van der Waals surface area contributed by atoms with E-state index in [1.54, 1.807) is 11.1 Å². The molecular formula is C12H13BrN2O2. The van der Waals surface area contributed by atoms with Crippen LogP contribution in [0.25, 0.3) is 0 Å². The maximum absolute atomic E-state index is 12.0. The second-order valence-electron chi connectivity index (χ2n) is 4.68. The summed E-state index contributed by atoms with van der Waals surface area (Å²) in [7, 11) is 0. The second kappa shape index (κ2) is 4.07. The molecule has 1 N–H and O–H groups in total. The van der Waals surface area contributed by atoms with Crippen LogP contribution < -0.4 is 4.90 Å². The smallest absolute Gasteiger partial charge is 0.228 e. The van der Waals surface area contributed by atoms with Gasteiger partial charge in [-0.15, -0.1) is 0 Å². The van der Waals surface area contributed by atoms with Gasteiger partial charge in [-0.3, -0.25) is 9.69 Å². The first-order valence-corrected chi connectivity index (χ1v) is 6.59. The number of aliphatic hydroxyl groups is 1. The average Bonchev–Trinajstić information content (AvgIpc) is 2.26. The molecule has 1 amide bonds. The fourth-order valence-corrected chi connectivity index (χ4v) is 2.88. The molecule has 1 aromatic rings. The highest BCUT2D eigenvalue weighted by Gasteiger charge is 2.38. The maximum Gasteiger partial charge on any atom is 0.228 e. The van der Waals surface area contributed by atoms with E-state index in [-0.39, 0.29) is 18.1 Å². The fraction of sp³-hybridized carbons (Fsp3) is 0.500. The monoisotopic (exact) mass is 296 g/mol. The van der Waals surface area contributed by atoms with E-state index in [0.717, 1.165) is 22.3 Å². The number of nitrogens with zero attached hydrogens (tertiary/aromatic N) is 2. The van der Waals surface area contributed by atoms with Gasteiger partial charge in [0, 0.05) is 23.1 Å². The Morgan fingerprint density at radius 3 is 2.88 bits per heavy atom. The first-order valence-electron chi connectivity index (χ1n) is 5.79. The van der Waals surface area contributed by atoms with Gasteiger partial charge in [0.05, 0.1) is 6.10 Å². The quantitative estimate of drug-likeness (QED) is 0.857. The summed E-state index contributed by atoms with van der Waals surface area (Å²) >= 11 is 3.40. The normalized spacial score (nSPS) is 27.6. The van der Waals surface area contributed by atoms with Crippen molar-refractivity contribution in [2.24, 2.45) is 0 Å². The summed E-state index contributed by atoms with van der Waals surface area (Å²) in [5.41, 5.74) is 1.11. The zero-order chi connectivity index (χ0) is 12.0. The van der Waals surface area contributed by atoms with Crippen LogP contribution in [0, 0.1) is 0 Å². The number of carbonyl (C=O) groups excluding carboxylic acids is 1. The van der Waals surface area contributed by atoms with Crippen LogP contribution in [0.1, 0.15) is 24.8 Å². The number of rotatable bonds is 1. The minimum absolute atomic E-state index is 0.129. The molecule has 3 rings (SSSR count). The molecule has 90 valence electrons. The van der Waals surface area contributed by atoms with Crippen molar-refractivity contribution >= 4 is 27.7 Å². The van der Waals surface area contributed by atoms with E-state index in [0.29, 0.717) is 19.3 Å². The number of fused-ring (bicyclic) bond motifs is 1. The molecule has 1 fully saturated rings. The highest BCUT2D eigenvalue weighted by Crippen LogP contribution is 2.35. The van der Waals surface area contributed by atoms with Crippen molar-refractivity contribution in [2.45, 2.75) is 37.8 Å². The number of aromatic nitrogens is 1. The molecule has 1 aliphatic carbocycles. The highest BCUT2D eigenvalue weighted by atomic mass is 79.9. The number of aliphatic hydroxyl groups excluding tert-OH is 1. The lowest BCUT2D eigenvalue weighted by Gasteiger charge is -2.42. The summed E-state index contributed by atoms with van der Waals surface area (Å²) in [4.78, 5) is 18.1. The summed E-state index contributed by atoms with van der Waals surface area (Å²) in [5.74, 6) is 0.908. The van der Waals surface area contributed by atoms with Gasteiger partial charge in [-0.1, -0.05) is 0 Å². The number of aryl methyl sites for hydroxylation is 1. The number of hydrogen-bond donors (Lipinski definition) is 1. The third-order valence-electron chi connectivity index (χ3n) is 3.47. The molecule has 0 unspecified atom stereocenters. The van der Waals surface area contributed by atoms with Crippen molar-refractivity contribution in [1.29, 1.82) is 0 Å². The molecule has 0 aromatic carbocycles. The molecule has 5 heteroatoms. The van der Waals surface area contributed by atoms with Gasteiger partial charge in [0.2, 0.25) is 5.91 Å². The topological polar surface area (TPSA) is 53.4 Å². The fourth-order valence-electron chi connectivity index (χ4n) is 2.50. The largest absolute Gasteiger partial charge is 0.393 e. The van der Waals surface area contributed by atoms with Crippen LogP contribution in [0.15, 0.2) is 16.7 Å². The lowest BCUT2D eigenvalue weighted by atomic mass is 9.86. The van der Waals surface area contributed by atoms with E-state index in [1.165, 1.54) is 0 Å². The Balaban J connectivity index is 1.96. The van der Waals surface area contributed by atoms with Gasteiger partial charge in [-0.25, -0.2) is 4.98 Å². The minimum atomic E-state index is -0.256. The van der Waals surface area contributed by atoms with Crippen LogP contribution in [0.3, 0.4) is 0 Å². The van der Waals surface area contributed by atoms with Gasteiger partial charge in [-0.05, 0) is 46.8 Å². The Bertz CT molecular complexity index is 472. The van der Waals surface area contributed by atoms with E-state index in [4.69, 9.17) is 0 Å². The summed E-state index contributed by atoms with van der Waals surface area (Å²) in [6.45, 7) is 0. The number of pyridine rings is 1. The number of amides is 1. The predicted octanol–water partition coefficient (Wildman–Crippen LogP) is 1.65. The zero-order valence-corrected chi connectivity index (χ0v) is 10.9. The first kappa shape index (κ1) is 11.2. The standard InChI is InChI=1S/C12H13BrN2O2/c13-8-3-7-1-2-11(17)15(12(7)14-6-8)9-4-10(16)5-9/h3,6,9-10,16H,1-2,4-5H2. The predicted molar refractivity (Wildman–Crippen MR) is 66.8 cm³/mol. The Morgan fingerprint density at radius 2 is 2.18 bits per heavy atom. The third-order valence-corrected chi connectivity index (χ3v) is 3.90. The summed E-state index contributed by atoms with van der Waals surface area (Å²) < 4.78 is 0.944. The van der Waals surface area contributed by atoms with Gasteiger partial charge in [0.25, 0.3) is 0 Å². The summed E-state index contributed by atoms with van der Waals surface area (Å²) in [6.07, 6.45) is 4.10. The van der Waals surface area contributed by atoms with Crippen LogP contribution in [-0.4, -0.2) is 28.1 Å². The van der Waals surface area contributed by atoms with Gasteiger partial charge in [0.1, 0.15) is 5.82 Å². The molecule has 0 spiro atoms. The molecule has 0 saturated heterocycles. The summed E-state index contributed by atoms with van der Waals surface area (Å²) in [5, 5.41) is 9.36. The van der Waals surface area contributed by atoms with Crippen LogP contribution >= 0.6 is 15.9 Å². The van der Waals surface area contributed by atoms with E-state index < -0.39 is 0 Å². The van der Waals surface area contributed by atoms with Crippen molar-refractivity contribution in [3.8, 4) is 0 Å². The molecule has 1 aliphatic heterocycles. The van der Waals surface area contributed by atoms with E-state index in [1.807, 2.05) is 6.07 Å². The lowest BCUT2D eigenvalue weighted by molar-refractivity contribution is -0.120. The number of carbonyl (C=O) groups is 1. The number of anilines is 1. The molecule has 0 radical (unpaired) electrons. The molecule has 1 saturated carbocycles. The minimum Gasteiger partial charge on any atom is -0.393 e. The molecular weight excluding hydrogens is 284 g/mol. The van der Waals surface area contributed by atoms with Crippen molar-refractivity contribution in [2.75, 3.05) is 4.90 Å². The molecule has 0 bridgehead atoms. The number of halogens is 1. The molecule has 4 nitrogen and oxygen atoms in total. The molecule has 2 heterocycles. The van der Waals surface area contributed by atoms with Crippen molar-refractivity contribution in [1.82, 2.24) is 4.98 Å². The number of hydrogen-bond acceptors (Lipinski definition) is 3. The van der Waals surface area contributed by atoms with Crippen molar-refractivity contribution in [3.05, 3.63) is 22.3 Å². The highest BCUT2D eigenvalue weighted by molar-refractivity contribution is 9.10. The van der Waals surface area contributed by atoms with Gasteiger partial charge in [0.15, 0.2) is 0 Å². The van der Waals surface area contributed by atoms with Gasteiger partial charge < -0.3 is 5.11 Å². The van der Waals surface area contributed by atoms with Crippen LogP contribution in [0.5, 0.6) is 0 Å². The van der Waals surface area contributed by atoms with Crippen molar-refractivity contribution < 1.29 is 9.90 Å². The summed E-state index contributed by atoms with van der Waals surface area (Å²) in [6, 6.07) is 2.15. The SMILES string of the molecule is O=C1CCc2cc(Br)cnc2N1C1CC(O)C1. The Labute approximate surface area is 108 Å². The molecule has 0 atom stereocenters. The van der Waals surface area contributed by atoms with E-state index >= 15 is 0 Å². The lowest BCUT2D eigenvalue weighted by Crippen LogP contribution is -2.52. The average molecular weight is 297 g/mol. The van der Waals surface area contributed by atoms with E-state index in [9.17, 15) is 9.90 Å². The Morgan fingerprint density at radius 1 is 1.41 bits per heavy atom. The Kier molecular flexibility index (Phi) is 2.67. The van der Waals surface area contributed by atoms with Crippen LogP contribution in [-0.2, 0) is 11.2 Å². The Hall–Kier alpha value is -0.940. The maximum atomic E-state index is 12.0. The van der Waals surface area contributed by atoms with Crippen LogP contribution in [0.2, 0.25) is 0 Å². The first-order chi connectivity index (χ1) is 8.15.